The third-order valence-electron chi connectivity index (χ3n) is 4.65. The zero-order chi connectivity index (χ0) is 19.2. The van der Waals surface area contributed by atoms with Gasteiger partial charge in [-0.2, -0.15) is 0 Å². The van der Waals surface area contributed by atoms with E-state index < -0.39 is 18.1 Å². The van der Waals surface area contributed by atoms with E-state index in [4.69, 9.17) is 9.47 Å². The molecule has 1 aliphatic heterocycles. The van der Waals surface area contributed by atoms with Crippen molar-refractivity contribution < 1.29 is 24.2 Å². The zero-order valence-corrected chi connectivity index (χ0v) is 15.2. The van der Waals surface area contributed by atoms with Gasteiger partial charge >= 0.3 is 5.97 Å². The largest absolute Gasteiger partial charge is 0.496 e. The molecule has 0 aromatic heterocycles. The van der Waals surface area contributed by atoms with Gasteiger partial charge in [-0.25, -0.2) is 4.79 Å². The highest BCUT2D eigenvalue weighted by Gasteiger charge is 2.28. The summed E-state index contributed by atoms with van der Waals surface area (Å²) in [6.45, 7) is 0.542. The van der Waals surface area contributed by atoms with Crippen molar-refractivity contribution in [3.8, 4) is 16.9 Å². The Bertz CT molecular complexity index is 796. The molecular weight excluding hydrogens is 346 g/mol. The highest BCUT2D eigenvalue weighted by molar-refractivity contribution is 5.86. The molecule has 0 radical (unpaired) electrons. The van der Waals surface area contributed by atoms with E-state index in [9.17, 15) is 14.7 Å². The number of ether oxygens (including phenoxy) is 2. The molecule has 2 atom stereocenters. The first-order valence-electron chi connectivity index (χ1n) is 8.95. The third-order valence-corrected chi connectivity index (χ3v) is 4.65. The number of amides is 1. The van der Waals surface area contributed by atoms with Crippen LogP contribution in [0.3, 0.4) is 0 Å². The maximum atomic E-state index is 12.1. The molecule has 0 spiro atoms. The molecule has 6 nitrogen and oxygen atoms in total. The van der Waals surface area contributed by atoms with Gasteiger partial charge in [-0.15, -0.1) is 0 Å². The van der Waals surface area contributed by atoms with Crippen LogP contribution in [-0.4, -0.2) is 42.8 Å². The molecule has 6 heteroatoms. The Balaban J connectivity index is 1.69. The summed E-state index contributed by atoms with van der Waals surface area (Å²) in [6.07, 6.45) is 1.12. The number of carbonyl (C=O) groups is 2. The van der Waals surface area contributed by atoms with Crippen molar-refractivity contribution in [3.63, 3.8) is 0 Å². The average Bonchev–Trinajstić information content (AvgIpc) is 3.23. The zero-order valence-electron chi connectivity index (χ0n) is 15.2. The fourth-order valence-corrected chi connectivity index (χ4v) is 3.19. The van der Waals surface area contributed by atoms with E-state index >= 15 is 0 Å². The van der Waals surface area contributed by atoms with Crippen molar-refractivity contribution in [2.75, 3.05) is 13.7 Å². The second kappa shape index (κ2) is 8.68. The van der Waals surface area contributed by atoms with E-state index in [0.717, 1.165) is 28.9 Å². The number of hydrogen-bond donors (Lipinski definition) is 2. The van der Waals surface area contributed by atoms with Gasteiger partial charge in [0.1, 0.15) is 17.9 Å². The fourth-order valence-electron chi connectivity index (χ4n) is 3.19. The summed E-state index contributed by atoms with van der Waals surface area (Å²) in [4.78, 5) is 23.7. The Morgan fingerprint density at radius 2 is 1.96 bits per heavy atom. The van der Waals surface area contributed by atoms with Crippen LogP contribution in [0.2, 0.25) is 0 Å². The van der Waals surface area contributed by atoms with E-state index in [1.165, 1.54) is 0 Å². The molecule has 2 N–H and O–H groups in total. The van der Waals surface area contributed by atoms with Crippen molar-refractivity contribution in [1.82, 2.24) is 5.32 Å². The van der Waals surface area contributed by atoms with Crippen LogP contribution in [0.1, 0.15) is 18.4 Å². The minimum absolute atomic E-state index is 0.208. The molecule has 3 rings (SSSR count). The first-order chi connectivity index (χ1) is 13.1. The maximum absolute atomic E-state index is 12.1. The van der Waals surface area contributed by atoms with Crippen LogP contribution in [0.15, 0.2) is 48.5 Å². The molecule has 0 saturated carbocycles. The number of nitrogens with one attached hydrogen (secondary N) is 1. The average molecular weight is 369 g/mol. The molecule has 142 valence electrons. The number of carboxylic acids is 1. The normalized spacial score (nSPS) is 17.3. The topological polar surface area (TPSA) is 84.9 Å². The fraction of sp³-hybridized carbons (Fsp3) is 0.333. The minimum Gasteiger partial charge on any atom is -0.496 e. The third kappa shape index (κ3) is 4.65. The molecule has 2 aromatic carbocycles. The molecule has 0 bridgehead atoms. The summed E-state index contributed by atoms with van der Waals surface area (Å²) in [5.74, 6) is -0.641. The molecule has 1 heterocycles. The number of para-hydroxylation sites is 1. The molecule has 27 heavy (non-hydrogen) atoms. The van der Waals surface area contributed by atoms with Gasteiger partial charge in [0.25, 0.3) is 0 Å². The highest BCUT2D eigenvalue weighted by atomic mass is 16.5. The number of carbonyl (C=O) groups excluding carboxylic acids is 1. The minimum atomic E-state index is -1.06. The maximum Gasteiger partial charge on any atom is 0.326 e. The lowest BCUT2D eigenvalue weighted by Crippen LogP contribution is -2.46. The Labute approximate surface area is 158 Å². The van der Waals surface area contributed by atoms with Gasteiger partial charge in [0.2, 0.25) is 5.91 Å². The van der Waals surface area contributed by atoms with Gasteiger partial charge in [-0.05, 0) is 30.0 Å². The predicted octanol–water partition coefficient (Wildman–Crippen LogP) is 2.65. The summed E-state index contributed by atoms with van der Waals surface area (Å²) in [6, 6.07) is 14.3. The van der Waals surface area contributed by atoms with Crippen molar-refractivity contribution in [3.05, 3.63) is 54.1 Å². The lowest BCUT2D eigenvalue weighted by molar-refractivity contribution is -0.143. The lowest BCUT2D eigenvalue weighted by Gasteiger charge is -2.17. The molecule has 0 aliphatic carbocycles. The molecule has 1 fully saturated rings. The van der Waals surface area contributed by atoms with Crippen LogP contribution in [0.25, 0.3) is 11.1 Å². The van der Waals surface area contributed by atoms with Gasteiger partial charge in [-0.1, -0.05) is 42.5 Å². The van der Waals surface area contributed by atoms with E-state index in [1.807, 2.05) is 48.5 Å². The SMILES string of the molecule is COc1ccccc1-c1ccc(C[C@H](NC(=O)[C@@H]2CCCO2)C(=O)O)cc1. The van der Waals surface area contributed by atoms with Crippen molar-refractivity contribution in [1.29, 1.82) is 0 Å². The van der Waals surface area contributed by atoms with Crippen LogP contribution in [0.5, 0.6) is 5.75 Å². The summed E-state index contributed by atoms with van der Waals surface area (Å²) in [5, 5.41) is 12.0. The summed E-state index contributed by atoms with van der Waals surface area (Å²) in [5.41, 5.74) is 2.77. The molecule has 0 unspecified atom stereocenters. The second-order valence-corrected chi connectivity index (χ2v) is 6.50. The van der Waals surface area contributed by atoms with Crippen LogP contribution in [-0.2, 0) is 20.7 Å². The first kappa shape index (κ1) is 18.9. The smallest absolute Gasteiger partial charge is 0.326 e. The number of methoxy groups -OCH3 is 1. The lowest BCUT2D eigenvalue weighted by atomic mass is 10.00. The van der Waals surface area contributed by atoms with E-state index in [-0.39, 0.29) is 12.3 Å². The number of carboxylic acid groups (broad SMARTS) is 1. The van der Waals surface area contributed by atoms with Gasteiger partial charge in [0.15, 0.2) is 0 Å². The number of aliphatic carboxylic acids is 1. The van der Waals surface area contributed by atoms with Crippen molar-refractivity contribution in [2.45, 2.75) is 31.4 Å². The summed E-state index contributed by atoms with van der Waals surface area (Å²) >= 11 is 0. The van der Waals surface area contributed by atoms with Crippen LogP contribution in [0.4, 0.5) is 0 Å². The summed E-state index contributed by atoms with van der Waals surface area (Å²) in [7, 11) is 1.63. The van der Waals surface area contributed by atoms with Crippen molar-refractivity contribution in [2.24, 2.45) is 0 Å². The number of hydrogen-bond acceptors (Lipinski definition) is 4. The predicted molar refractivity (Wildman–Crippen MR) is 101 cm³/mol. The Kier molecular flexibility index (Phi) is 6.08. The van der Waals surface area contributed by atoms with Crippen LogP contribution in [0, 0.1) is 0 Å². The van der Waals surface area contributed by atoms with Gasteiger partial charge in [0.05, 0.1) is 7.11 Å². The molecule has 1 aliphatic rings. The first-order valence-corrected chi connectivity index (χ1v) is 8.95. The Morgan fingerprint density at radius 3 is 2.59 bits per heavy atom. The van der Waals surface area contributed by atoms with E-state index in [2.05, 4.69) is 5.32 Å². The summed E-state index contributed by atoms with van der Waals surface area (Å²) < 4.78 is 10.7. The van der Waals surface area contributed by atoms with Gasteiger partial charge in [-0.3, -0.25) is 4.79 Å². The van der Waals surface area contributed by atoms with Crippen LogP contribution >= 0.6 is 0 Å². The quantitative estimate of drug-likeness (QED) is 0.784. The standard InChI is InChI=1S/C21H23NO5/c1-26-18-6-3-2-5-16(18)15-10-8-14(9-11-15)13-17(21(24)25)22-20(23)19-7-4-12-27-19/h2-3,5-6,8-11,17,19H,4,7,12-13H2,1H3,(H,22,23)(H,24,25)/t17-,19-/m0/s1. The molecule has 2 aromatic rings. The van der Waals surface area contributed by atoms with Gasteiger partial charge in [0, 0.05) is 18.6 Å². The monoisotopic (exact) mass is 369 g/mol. The molecule has 1 saturated heterocycles. The van der Waals surface area contributed by atoms with E-state index in [1.54, 1.807) is 7.11 Å². The second-order valence-electron chi connectivity index (χ2n) is 6.50. The molecular formula is C21H23NO5. The van der Waals surface area contributed by atoms with Crippen molar-refractivity contribution >= 4 is 11.9 Å². The van der Waals surface area contributed by atoms with Gasteiger partial charge < -0.3 is 19.9 Å². The molecule has 1 amide bonds. The Hall–Kier alpha value is -2.86. The van der Waals surface area contributed by atoms with E-state index in [0.29, 0.717) is 13.0 Å². The van der Waals surface area contributed by atoms with Crippen LogP contribution < -0.4 is 10.1 Å². The number of rotatable bonds is 7. The number of benzene rings is 2. The highest BCUT2D eigenvalue weighted by Crippen LogP contribution is 2.29. The Morgan fingerprint density at radius 1 is 1.22 bits per heavy atom.